The molecule has 0 atom stereocenters. The number of H-pyrrole nitrogens is 1. The highest BCUT2D eigenvalue weighted by Gasteiger charge is 2.15. The van der Waals surface area contributed by atoms with Crippen LogP contribution in [0.1, 0.15) is 15.2 Å². The zero-order chi connectivity index (χ0) is 16.2. The lowest BCUT2D eigenvalue weighted by atomic mass is 10.2. The van der Waals surface area contributed by atoms with E-state index in [1.165, 1.54) is 11.3 Å². The zero-order valence-electron chi connectivity index (χ0n) is 12.9. The van der Waals surface area contributed by atoms with E-state index in [1.807, 2.05) is 42.5 Å². The molecule has 1 aromatic carbocycles. The fraction of sp³-hybridized carbons (Fsp3) is 0.176. The number of methoxy groups -OCH3 is 1. The maximum Gasteiger partial charge on any atom is 0.263 e. The Kier molecular flexibility index (Phi) is 4.43. The van der Waals surface area contributed by atoms with Gasteiger partial charge in [0.15, 0.2) is 0 Å². The number of aromatic amines is 1. The van der Waals surface area contributed by atoms with Crippen molar-refractivity contribution in [2.24, 2.45) is 0 Å². The summed E-state index contributed by atoms with van der Waals surface area (Å²) in [6.45, 7) is 0.535. The summed E-state index contributed by atoms with van der Waals surface area (Å²) >= 11 is 1.46. The van der Waals surface area contributed by atoms with Gasteiger partial charge in [-0.25, -0.2) is 0 Å². The minimum atomic E-state index is 0.00332. The van der Waals surface area contributed by atoms with Crippen molar-refractivity contribution >= 4 is 17.2 Å². The molecule has 1 amide bonds. The van der Waals surface area contributed by atoms with Gasteiger partial charge in [0, 0.05) is 19.8 Å². The summed E-state index contributed by atoms with van der Waals surface area (Å²) in [7, 11) is 3.44. The molecule has 0 aliphatic rings. The molecule has 118 valence electrons. The molecule has 0 fully saturated rings. The smallest absolute Gasteiger partial charge is 0.263 e. The highest BCUT2D eigenvalue weighted by Crippen LogP contribution is 2.27. The third-order valence-electron chi connectivity index (χ3n) is 3.48. The Labute approximate surface area is 138 Å². The molecule has 0 unspecified atom stereocenters. The van der Waals surface area contributed by atoms with Crippen LogP contribution in [0, 0.1) is 0 Å². The van der Waals surface area contributed by atoms with E-state index in [4.69, 9.17) is 4.74 Å². The molecular weight excluding hydrogens is 310 g/mol. The molecule has 2 heterocycles. The minimum Gasteiger partial charge on any atom is -0.497 e. The summed E-state index contributed by atoms with van der Waals surface area (Å²) in [4.78, 5) is 16.0. The van der Waals surface area contributed by atoms with Gasteiger partial charge in [-0.15, -0.1) is 11.3 Å². The van der Waals surface area contributed by atoms with Crippen LogP contribution in [0.25, 0.3) is 10.6 Å². The average Bonchev–Trinajstić information content (AvgIpc) is 3.25. The molecule has 0 aliphatic heterocycles. The van der Waals surface area contributed by atoms with Crippen LogP contribution >= 0.6 is 11.3 Å². The summed E-state index contributed by atoms with van der Waals surface area (Å²) in [5, 5.41) is 6.84. The summed E-state index contributed by atoms with van der Waals surface area (Å²) in [6, 6.07) is 13.4. The van der Waals surface area contributed by atoms with Crippen LogP contribution in [0.4, 0.5) is 0 Å². The molecule has 2 aromatic heterocycles. The summed E-state index contributed by atoms with van der Waals surface area (Å²) < 4.78 is 5.22. The van der Waals surface area contributed by atoms with E-state index < -0.39 is 0 Å². The topological polar surface area (TPSA) is 58.2 Å². The number of rotatable bonds is 5. The molecule has 0 bridgehead atoms. The number of hydrogen-bond acceptors (Lipinski definition) is 4. The van der Waals surface area contributed by atoms with Gasteiger partial charge in [0.25, 0.3) is 5.91 Å². The van der Waals surface area contributed by atoms with Crippen molar-refractivity contribution < 1.29 is 9.53 Å². The number of nitrogens with one attached hydrogen (secondary N) is 1. The van der Waals surface area contributed by atoms with Crippen molar-refractivity contribution in [1.29, 1.82) is 0 Å². The molecule has 5 nitrogen and oxygen atoms in total. The van der Waals surface area contributed by atoms with Gasteiger partial charge in [-0.3, -0.25) is 9.89 Å². The minimum absolute atomic E-state index is 0.00332. The van der Waals surface area contributed by atoms with E-state index >= 15 is 0 Å². The molecule has 3 rings (SSSR count). The Balaban J connectivity index is 1.72. The number of aromatic nitrogens is 2. The van der Waals surface area contributed by atoms with Gasteiger partial charge in [-0.2, -0.15) is 5.10 Å². The van der Waals surface area contributed by atoms with Gasteiger partial charge >= 0.3 is 0 Å². The number of thiophene rings is 1. The van der Waals surface area contributed by atoms with Crippen LogP contribution in [-0.4, -0.2) is 35.2 Å². The highest BCUT2D eigenvalue weighted by atomic mass is 32.1. The maximum atomic E-state index is 12.6. The van der Waals surface area contributed by atoms with Crippen LogP contribution in [-0.2, 0) is 6.54 Å². The Morgan fingerprint density at radius 1 is 1.30 bits per heavy atom. The van der Waals surface area contributed by atoms with E-state index in [0.29, 0.717) is 11.4 Å². The quantitative estimate of drug-likeness (QED) is 0.781. The SMILES string of the molecule is COc1cccc(CN(C)C(=O)c2ccc(-c3ccn[nH]3)s2)c1. The maximum absolute atomic E-state index is 12.6. The van der Waals surface area contributed by atoms with Crippen molar-refractivity contribution in [3.05, 3.63) is 59.1 Å². The van der Waals surface area contributed by atoms with Crippen molar-refractivity contribution in [2.75, 3.05) is 14.2 Å². The lowest BCUT2D eigenvalue weighted by Gasteiger charge is -2.16. The lowest BCUT2D eigenvalue weighted by Crippen LogP contribution is -2.25. The molecule has 0 saturated carbocycles. The molecule has 3 aromatic rings. The fourth-order valence-electron chi connectivity index (χ4n) is 2.30. The Bertz CT molecular complexity index is 796. The molecule has 0 radical (unpaired) electrons. The van der Waals surface area contributed by atoms with E-state index in [1.54, 1.807) is 25.3 Å². The van der Waals surface area contributed by atoms with E-state index in [2.05, 4.69) is 10.2 Å². The Morgan fingerprint density at radius 3 is 2.91 bits per heavy atom. The third kappa shape index (κ3) is 3.43. The predicted octanol–water partition coefficient (Wildman–Crippen LogP) is 3.42. The molecule has 6 heteroatoms. The molecule has 23 heavy (non-hydrogen) atoms. The van der Waals surface area contributed by atoms with Crippen LogP contribution in [0.15, 0.2) is 48.7 Å². The monoisotopic (exact) mass is 327 g/mol. The number of amides is 1. The Morgan fingerprint density at radius 2 is 2.17 bits per heavy atom. The number of nitrogens with zero attached hydrogens (tertiary/aromatic N) is 2. The van der Waals surface area contributed by atoms with Gasteiger partial charge in [-0.05, 0) is 35.9 Å². The third-order valence-corrected chi connectivity index (χ3v) is 4.59. The standard InChI is InChI=1S/C17H17N3O2S/c1-20(11-12-4-3-5-13(10-12)22-2)17(21)16-7-6-15(23-16)14-8-9-18-19-14/h3-10H,11H2,1-2H3,(H,18,19). The number of carbonyl (C=O) groups is 1. The van der Waals surface area contributed by atoms with Gasteiger partial charge in [0.05, 0.1) is 22.6 Å². The number of hydrogen-bond donors (Lipinski definition) is 1. The largest absolute Gasteiger partial charge is 0.497 e. The summed E-state index contributed by atoms with van der Waals surface area (Å²) in [5.74, 6) is 0.796. The van der Waals surface area contributed by atoms with Crippen molar-refractivity contribution in [1.82, 2.24) is 15.1 Å². The second-order valence-corrected chi connectivity index (χ2v) is 6.23. The van der Waals surface area contributed by atoms with Crippen LogP contribution in [0.3, 0.4) is 0 Å². The second-order valence-electron chi connectivity index (χ2n) is 5.15. The van der Waals surface area contributed by atoms with Crippen molar-refractivity contribution in [3.8, 4) is 16.3 Å². The molecule has 0 spiro atoms. The molecule has 0 saturated heterocycles. The number of benzene rings is 1. The van der Waals surface area contributed by atoms with Crippen molar-refractivity contribution in [3.63, 3.8) is 0 Å². The summed E-state index contributed by atoms with van der Waals surface area (Å²) in [5.41, 5.74) is 1.95. The van der Waals surface area contributed by atoms with E-state index in [0.717, 1.165) is 21.9 Å². The zero-order valence-corrected chi connectivity index (χ0v) is 13.8. The van der Waals surface area contributed by atoms with Gasteiger partial charge in [0.2, 0.25) is 0 Å². The molecule has 1 N–H and O–H groups in total. The summed E-state index contributed by atoms with van der Waals surface area (Å²) in [6.07, 6.45) is 1.70. The van der Waals surface area contributed by atoms with Crippen LogP contribution < -0.4 is 4.74 Å². The van der Waals surface area contributed by atoms with Crippen molar-refractivity contribution in [2.45, 2.75) is 6.54 Å². The first-order valence-corrected chi connectivity index (χ1v) is 7.97. The van der Waals surface area contributed by atoms with E-state index in [-0.39, 0.29) is 5.91 Å². The van der Waals surface area contributed by atoms with Crippen LogP contribution in [0.5, 0.6) is 5.75 Å². The first kappa shape index (κ1) is 15.3. The van der Waals surface area contributed by atoms with Gasteiger partial charge < -0.3 is 9.64 Å². The lowest BCUT2D eigenvalue weighted by molar-refractivity contribution is 0.0790. The predicted molar refractivity (Wildman–Crippen MR) is 90.7 cm³/mol. The number of carbonyl (C=O) groups excluding carboxylic acids is 1. The Hall–Kier alpha value is -2.60. The van der Waals surface area contributed by atoms with Crippen LogP contribution in [0.2, 0.25) is 0 Å². The highest BCUT2D eigenvalue weighted by molar-refractivity contribution is 7.17. The van der Waals surface area contributed by atoms with Gasteiger partial charge in [-0.1, -0.05) is 12.1 Å². The second kappa shape index (κ2) is 6.66. The fourth-order valence-corrected chi connectivity index (χ4v) is 3.27. The van der Waals surface area contributed by atoms with Gasteiger partial charge in [0.1, 0.15) is 5.75 Å². The average molecular weight is 327 g/mol. The number of ether oxygens (including phenoxy) is 1. The molecular formula is C17H17N3O2S. The molecule has 0 aliphatic carbocycles. The van der Waals surface area contributed by atoms with E-state index in [9.17, 15) is 4.79 Å². The first-order chi connectivity index (χ1) is 11.2. The normalized spacial score (nSPS) is 10.5. The first-order valence-electron chi connectivity index (χ1n) is 7.15.